The summed E-state index contributed by atoms with van der Waals surface area (Å²) in [6.45, 7) is 3.96. The number of esters is 1. The van der Waals surface area contributed by atoms with E-state index in [4.69, 9.17) is 16.3 Å². The molecule has 9 heteroatoms. The number of hydrogen-bond acceptors (Lipinski definition) is 6. The zero-order chi connectivity index (χ0) is 20.0. The summed E-state index contributed by atoms with van der Waals surface area (Å²) in [7, 11) is 3.13. The maximum atomic E-state index is 12.3. The first-order chi connectivity index (χ1) is 12.8. The molecule has 0 unspecified atom stereocenters. The van der Waals surface area contributed by atoms with E-state index in [2.05, 4.69) is 15.5 Å². The fourth-order valence-electron chi connectivity index (χ4n) is 2.51. The van der Waals surface area contributed by atoms with E-state index in [-0.39, 0.29) is 17.6 Å². The Kier molecular flexibility index (Phi) is 7.67. The Balaban J connectivity index is 2.01. The van der Waals surface area contributed by atoms with Gasteiger partial charge in [0.15, 0.2) is 11.0 Å². The van der Waals surface area contributed by atoms with Crippen LogP contribution in [0.3, 0.4) is 0 Å². The van der Waals surface area contributed by atoms with Crippen LogP contribution in [0.1, 0.15) is 20.3 Å². The van der Waals surface area contributed by atoms with Crippen molar-refractivity contribution in [1.29, 1.82) is 0 Å². The molecule has 0 aliphatic carbocycles. The molecule has 1 aromatic carbocycles. The number of carbonyl (C=O) groups is 2. The number of nitrogens with one attached hydrogen (secondary N) is 1. The number of hydrogen-bond donors (Lipinski definition) is 1. The van der Waals surface area contributed by atoms with Crippen molar-refractivity contribution in [3.05, 3.63) is 29.3 Å². The first-order valence-electron chi connectivity index (χ1n) is 8.47. The Morgan fingerprint density at radius 3 is 2.63 bits per heavy atom. The number of nitrogens with zero attached hydrogens (tertiary/aromatic N) is 3. The molecule has 27 heavy (non-hydrogen) atoms. The second-order valence-corrected chi connectivity index (χ2v) is 7.76. The van der Waals surface area contributed by atoms with Gasteiger partial charge >= 0.3 is 5.97 Å². The summed E-state index contributed by atoms with van der Waals surface area (Å²) >= 11 is 7.45. The SMILES string of the molecule is COC(=O)[C@H](CC(C)C)NC(=O)CSc1nnc(-c2ccccc2Cl)n1C. The molecule has 2 rings (SSSR count). The third kappa shape index (κ3) is 5.71. The van der Waals surface area contributed by atoms with Crippen LogP contribution >= 0.6 is 23.4 Å². The topological polar surface area (TPSA) is 86.1 Å². The molecule has 0 bridgehead atoms. The van der Waals surface area contributed by atoms with Gasteiger partial charge in [0.2, 0.25) is 5.91 Å². The Morgan fingerprint density at radius 2 is 2.00 bits per heavy atom. The van der Waals surface area contributed by atoms with Crippen molar-refractivity contribution < 1.29 is 14.3 Å². The fraction of sp³-hybridized carbons (Fsp3) is 0.444. The fourth-order valence-corrected chi connectivity index (χ4v) is 3.45. The molecule has 0 radical (unpaired) electrons. The minimum Gasteiger partial charge on any atom is -0.467 e. The third-order valence-corrected chi connectivity index (χ3v) is 5.16. The Labute approximate surface area is 167 Å². The molecule has 1 N–H and O–H groups in total. The highest BCUT2D eigenvalue weighted by Crippen LogP contribution is 2.28. The van der Waals surface area contributed by atoms with Crippen molar-refractivity contribution in [2.45, 2.75) is 31.5 Å². The highest BCUT2D eigenvalue weighted by molar-refractivity contribution is 7.99. The summed E-state index contributed by atoms with van der Waals surface area (Å²) in [4.78, 5) is 24.1. The highest BCUT2D eigenvalue weighted by atomic mass is 35.5. The number of thioether (sulfide) groups is 1. The maximum Gasteiger partial charge on any atom is 0.328 e. The predicted molar refractivity (Wildman–Crippen MR) is 106 cm³/mol. The quantitative estimate of drug-likeness (QED) is 0.532. The molecule has 1 atom stereocenters. The monoisotopic (exact) mass is 410 g/mol. The minimum absolute atomic E-state index is 0.111. The summed E-state index contributed by atoms with van der Waals surface area (Å²) in [5, 5.41) is 12.2. The number of halogens is 1. The van der Waals surface area contributed by atoms with Gasteiger partial charge in [-0.2, -0.15) is 0 Å². The largest absolute Gasteiger partial charge is 0.467 e. The average molecular weight is 411 g/mol. The first-order valence-corrected chi connectivity index (χ1v) is 9.84. The van der Waals surface area contributed by atoms with Crippen LogP contribution in [0, 0.1) is 5.92 Å². The van der Waals surface area contributed by atoms with Gasteiger partial charge in [-0.3, -0.25) is 4.79 Å². The standard InChI is InChI=1S/C18H23ClN4O3S/c1-11(2)9-14(17(25)26-4)20-15(24)10-27-18-22-21-16(23(18)3)12-7-5-6-8-13(12)19/h5-8,11,14H,9-10H2,1-4H3,(H,20,24)/t14-/m0/s1. The number of aromatic nitrogens is 3. The number of ether oxygens (including phenoxy) is 1. The first kappa shape index (κ1) is 21.2. The Morgan fingerprint density at radius 1 is 1.30 bits per heavy atom. The molecular weight excluding hydrogens is 388 g/mol. The lowest BCUT2D eigenvalue weighted by Crippen LogP contribution is -2.43. The minimum atomic E-state index is -0.652. The molecule has 0 fully saturated rings. The molecule has 1 heterocycles. The van der Waals surface area contributed by atoms with E-state index in [1.165, 1.54) is 18.9 Å². The maximum absolute atomic E-state index is 12.3. The van der Waals surface area contributed by atoms with E-state index in [0.29, 0.717) is 22.4 Å². The van der Waals surface area contributed by atoms with Crippen molar-refractivity contribution in [3.8, 4) is 11.4 Å². The van der Waals surface area contributed by atoms with Gasteiger partial charge in [0, 0.05) is 12.6 Å². The number of carbonyl (C=O) groups excluding carboxylic acids is 2. The highest BCUT2D eigenvalue weighted by Gasteiger charge is 2.23. The van der Waals surface area contributed by atoms with Crippen LogP contribution in [0.15, 0.2) is 29.4 Å². The predicted octanol–water partition coefficient (Wildman–Crippen LogP) is 2.93. The lowest BCUT2D eigenvalue weighted by molar-refractivity contribution is -0.145. The third-order valence-electron chi connectivity index (χ3n) is 3.81. The zero-order valence-corrected chi connectivity index (χ0v) is 17.3. The van der Waals surface area contributed by atoms with Crippen LogP contribution in [-0.4, -0.2) is 45.5 Å². The van der Waals surface area contributed by atoms with Gasteiger partial charge in [0.25, 0.3) is 0 Å². The van der Waals surface area contributed by atoms with Gasteiger partial charge in [0.1, 0.15) is 6.04 Å². The van der Waals surface area contributed by atoms with E-state index >= 15 is 0 Å². The molecule has 0 saturated carbocycles. The Bertz CT molecular complexity index is 810. The summed E-state index contributed by atoms with van der Waals surface area (Å²) in [6.07, 6.45) is 0.518. The van der Waals surface area contributed by atoms with E-state index in [9.17, 15) is 9.59 Å². The van der Waals surface area contributed by atoms with Crippen molar-refractivity contribution in [2.24, 2.45) is 13.0 Å². The normalized spacial score (nSPS) is 12.1. The molecule has 0 aliphatic heterocycles. The van der Waals surface area contributed by atoms with Crippen LogP contribution in [0.5, 0.6) is 0 Å². The molecule has 146 valence electrons. The van der Waals surface area contributed by atoms with Crippen LogP contribution in [0.4, 0.5) is 0 Å². The van der Waals surface area contributed by atoms with Crippen LogP contribution in [-0.2, 0) is 21.4 Å². The summed E-state index contributed by atoms with van der Waals surface area (Å²) in [6, 6.07) is 6.71. The van der Waals surface area contributed by atoms with Crippen molar-refractivity contribution >= 4 is 35.2 Å². The van der Waals surface area contributed by atoms with Crippen LogP contribution in [0.2, 0.25) is 5.02 Å². The van der Waals surface area contributed by atoms with E-state index in [1.54, 1.807) is 10.6 Å². The number of rotatable bonds is 8. The molecule has 1 amide bonds. The van der Waals surface area contributed by atoms with Crippen molar-refractivity contribution in [3.63, 3.8) is 0 Å². The van der Waals surface area contributed by atoms with Gasteiger partial charge in [-0.15, -0.1) is 10.2 Å². The zero-order valence-electron chi connectivity index (χ0n) is 15.7. The van der Waals surface area contributed by atoms with Crippen LogP contribution in [0.25, 0.3) is 11.4 Å². The smallest absolute Gasteiger partial charge is 0.328 e. The van der Waals surface area contributed by atoms with Crippen LogP contribution < -0.4 is 5.32 Å². The molecule has 2 aromatic rings. The summed E-state index contributed by atoms with van der Waals surface area (Å²) < 4.78 is 6.54. The molecule has 1 aromatic heterocycles. The molecular formula is C18H23ClN4O3S. The second-order valence-electron chi connectivity index (χ2n) is 6.41. The summed E-state index contributed by atoms with van der Waals surface area (Å²) in [5.41, 5.74) is 0.771. The van der Waals surface area contributed by atoms with Crippen molar-refractivity contribution in [1.82, 2.24) is 20.1 Å². The molecule has 7 nitrogen and oxygen atoms in total. The van der Waals surface area contributed by atoms with Gasteiger partial charge in [-0.1, -0.05) is 49.3 Å². The van der Waals surface area contributed by atoms with Gasteiger partial charge < -0.3 is 14.6 Å². The summed E-state index contributed by atoms with van der Waals surface area (Å²) in [5.74, 6) is 0.273. The number of benzene rings is 1. The van der Waals surface area contributed by atoms with E-state index in [0.717, 1.165) is 5.56 Å². The molecule has 0 aliphatic rings. The molecule has 0 spiro atoms. The lowest BCUT2D eigenvalue weighted by atomic mass is 10.0. The average Bonchev–Trinajstić information content (AvgIpc) is 2.99. The van der Waals surface area contributed by atoms with E-state index < -0.39 is 12.0 Å². The lowest BCUT2D eigenvalue weighted by Gasteiger charge is -2.18. The Hall–Kier alpha value is -2.06. The van der Waals surface area contributed by atoms with Gasteiger partial charge in [-0.05, 0) is 24.5 Å². The van der Waals surface area contributed by atoms with Crippen molar-refractivity contribution in [2.75, 3.05) is 12.9 Å². The number of amides is 1. The number of methoxy groups -OCH3 is 1. The van der Waals surface area contributed by atoms with E-state index in [1.807, 2.05) is 39.1 Å². The van der Waals surface area contributed by atoms with Gasteiger partial charge in [0.05, 0.1) is 17.9 Å². The van der Waals surface area contributed by atoms with Gasteiger partial charge in [-0.25, -0.2) is 4.79 Å². The molecule has 0 saturated heterocycles. The second kappa shape index (κ2) is 9.75.